The van der Waals surface area contributed by atoms with Gasteiger partial charge in [-0.05, 0) is 6.92 Å². The monoisotopic (exact) mass is 270 g/mol. The molecule has 0 atom stereocenters. The lowest BCUT2D eigenvalue weighted by Gasteiger charge is -2.01. The van der Waals surface area contributed by atoms with Gasteiger partial charge in [0.05, 0.1) is 0 Å². The third-order valence-corrected chi connectivity index (χ3v) is 3.46. The van der Waals surface area contributed by atoms with Crippen molar-refractivity contribution in [2.45, 2.75) is 17.8 Å². The number of hydrogen-bond donors (Lipinski definition) is 3. The van der Waals surface area contributed by atoms with Crippen molar-refractivity contribution in [2.75, 3.05) is 5.43 Å². The lowest BCUT2D eigenvalue weighted by Crippen LogP contribution is -2.09. The Hall–Kier alpha value is -1.45. The number of nitrogens with one attached hydrogen (secondary N) is 2. The minimum Gasteiger partial charge on any atom is -0.313 e. The smallest absolute Gasteiger partial charge is 0.251 e. The Bertz CT molecular complexity index is 565. The maximum atomic E-state index is 11.2. The van der Waals surface area contributed by atoms with Gasteiger partial charge in [0.15, 0.2) is 5.16 Å². The molecule has 90 valence electrons. The molecule has 0 aliphatic rings. The summed E-state index contributed by atoms with van der Waals surface area (Å²) in [5.74, 6) is 5.85. The highest BCUT2D eigenvalue weighted by atomic mass is 32.2. The van der Waals surface area contributed by atoms with Crippen LogP contribution in [0.2, 0.25) is 0 Å². The standard InChI is InChI=1S/C8H10N6OS2/c1-4-2-6(15)11-8(10-4)16-3-5-7(12-9)17-14-13-5/h2,12H,3,9H2,1H3,(H,10,11,15). The fourth-order valence-electron chi connectivity index (χ4n) is 1.17. The lowest BCUT2D eigenvalue weighted by molar-refractivity contribution is 0.903. The predicted molar refractivity (Wildman–Crippen MR) is 66.9 cm³/mol. The van der Waals surface area contributed by atoms with Gasteiger partial charge in [-0.25, -0.2) is 10.8 Å². The van der Waals surface area contributed by atoms with Crippen LogP contribution < -0.4 is 16.8 Å². The molecule has 0 saturated heterocycles. The highest BCUT2D eigenvalue weighted by Gasteiger charge is 2.08. The van der Waals surface area contributed by atoms with Gasteiger partial charge in [0.1, 0.15) is 10.7 Å². The average molecular weight is 270 g/mol. The zero-order valence-electron chi connectivity index (χ0n) is 8.93. The third kappa shape index (κ3) is 3.02. The number of H-pyrrole nitrogens is 1. The Labute approximate surface area is 105 Å². The maximum absolute atomic E-state index is 11.2. The molecule has 0 unspecified atom stereocenters. The van der Waals surface area contributed by atoms with Crippen LogP contribution in [-0.4, -0.2) is 19.6 Å². The van der Waals surface area contributed by atoms with Gasteiger partial charge in [0.2, 0.25) is 0 Å². The molecule has 0 spiro atoms. The molecule has 0 saturated carbocycles. The summed E-state index contributed by atoms with van der Waals surface area (Å²) in [5.41, 5.74) is 3.79. The van der Waals surface area contributed by atoms with E-state index in [0.29, 0.717) is 21.6 Å². The van der Waals surface area contributed by atoms with Crippen LogP contribution in [0.1, 0.15) is 11.4 Å². The first-order chi connectivity index (χ1) is 8.19. The minimum atomic E-state index is -0.159. The van der Waals surface area contributed by atoms with Crippen LogP contribution in [0.3, 0.4) is 0 Å². The summed E-state index contributed by atoms with van der Waals surface area (Å²) in [7, 11) is 0. The van der Waals surface area contributed by atoms with Gasteiger partial charge in [-0.15, -0.1) is 5.10 Å². The van der Waals surface area contributed by atoms with Gasteiger partial charge in [-0.3, -0.25) is 4.79 Å². The number of aromatic amines is 1. The largest absolute Gasteiger partial charge is 0.313 e. The summed E-state index contributed by atoms with van der Waals surface area (Å²) in [6, 6.07) is 1.45. The van der Waals surface area contributed by atoms with Gasteiger partial charge in [0.25, 0.3) is 5.56 Å². The van der Waals surface area contributed by atoms with Crippen LogP contribution in [0.25, 0.3) is 0 Å². The van der Waals surface area contributed by atoms with Gasteiger partial charge in [0, 0.05) is 29.0 Å². The summed E-state index contributed by atoms with van der Waals surface area (Å²) < 4.78 is 3.78. The van der Waals surface area contributed by atoms with Crippen LogP contribution in [0, 0.1) is 6.92 Å². The van der Waals surface area contributed by atoms with Crippen molar-refractivity contribution in [3.63, 3.8) is 0 Å². The third-order valence-electron chi connectivity index (χ3n) is 1.88. The molecule has 2 rings (SSSR count). The summed E-state index contributed by atoms with van der Waals surface area (Å²) in [6.45, 7) is 1.77. The van der Waals surface area contributed by atoms with E-state index in [1.165, 1.54) is 29.4 Å². The molecule has 0 bridgehead atoms. The number of hydrogen-bond acceptors (Lipinski definition) is 8. The Morgan fingerprint density at radius 2 is 2.47 bits per heavy atom. The lowest BCUT2D eigenvalue weighted by atomic mass is 10.5. The molecule has 9 heteroatoms. The summed E-state index contributed by atoms with van der Waals surface area (Å²) in [6.07, 6.45) is 0. The molecule has 0 fully saturated rings. The van der Waals surface area contributed by atoms with E-state index in [1.54, 1.807) is 6.92 Å². The number of rotatable bonds is 4. The van der Waals surface area contributed by atoms with Crippen LogP contribution in [-0.2, 0) is 5.75 Å². The van der Waals surface area contributed by atoms with Crippen molar-refractivity contribution in [3.05, 3.63) is 27.8 Å². The summed E-state index contributed by atoms with van der Waals surface area (Å²) >= 11 is 2.57. The molecule has 0 aliphatic heterocycles. The number of hydrazine groups is 1. The molecule has 2 aromatic heterocycles. The molecule has 4 N–H and O–H groups in total. The number of aryl methyl sites for hydroxylation is 1. The van der Waals surface area contributed by atoms with E-state index in [1.807, 2.05) is 0 Å². The van der Waals surface area contributed by atoms with Crippen molar-refractivity contribution in [1.82, 2.24) is 19.6 Å². The second kappa shape index (κ2) is 5.25. The van der Waals surface area contributed by atoms with E-state index < -0.39 is 0 Å². The summed E-state index contributed by atoms with van der Waals surface area (Å²) in [5, 5.41) is 5.21. The Morgan fingerprint density at radius 3 is 3.18 bits per heavy atom. The first-order valence-electron chi connectivity index (χ1n) is 4.67. The van der Waals surface area contributed by atoms with Crippen LogP contribution in [0.4, 0.5) is 5.00 Å². The number of nitrogen functional groups attached to an aromatic ring is 1. The molecule has 17 heavy (non-hydrogen) atoms. The number of nitrogens with zero attached hydrogens (tertiary/aromatic N) is 3. The zero-order valence-corrected chi connectivity index (χ0v) is 10.6. The summed E-state index contributed by atoms with van der Waals surface area (Å²) in [4.78, 5) is 18.1. The topological polar surface area (TPSA) is 110 Å². The fourth-order valence-corrected chi connectivity index (χ4v) is 2.61. The maximum Gasteiger partial charge on any atom is 0.251 e. The molecule has 0 aliphatic carbocycles. The second-order valence-electron chi connectivity index (χ2n) is 3.17. The molecule has 0 amide bonds. The normalized spacial score (nSPS) is 10.5. The van der Waals surface area contributed by atoms with E-state index in [-0.39, 0.29) is 5.56 Å². The number of nitrogens with two attached hydrogens (primary N) is 1. The number of thioether (sulfide) groups is 1. The van der Waals surface area contributed by atoms with E-state index >= 15 is 0 Å². The van der Waals surface area contributed by atoms with Gasteiger partial charge in [-0.1, -0.05) is 16.3 Å². The van der Waals surface area contributed by atoms with Gasteiger partial charge < -0.3 is 10.4 Å². The van der Waals surface area contributed by atoms with Crippen LogP contribution >= 0.6 is 23.3 Å². The van der Waals surface area contributed by atoms with Crippen molar-refractivity contribution >= 4 is 28.3 Å². The first kappa shape index (κ1) is 12.0. The van der Waals surface area contributed by atoms with E-state index in [0.717, 1.165) is 5.69 Å². The second-order valence-corrected chi connectivity index (χ2v) is 4.89. The molecule has 7 nitrogen and oxygen atoms in total. The quantitative estimate of drug-likeness (QED) is 0.321. The van der Waals surface area contributed by atoms with Crippen LogP contribution in [0.15, 0.2) is 16.0 Å². The Balaban J connectivity index is 2.09. The molecule has 0 aromatic carbocycles. The molecular formula is C8H10N6OS2. The molecule has 2 heterocycles. The highest BCUT2D eigenvalue weighted by Crippen LogP contribution is 2.24. The zero-order chi connectivity index (χ0) is 12.3. The van der Waals surface area contributed by atoms with Crippen molar-refractivity contribution in [3.8, 4) is 0 Å². The van der Waals surface area contributed by atoms with E-state index in [2.05, 4.69) is 25.0 Å². The van der Waals surface area contributed by atoms with E-state index in [9.17, 15) is 4.79 Å². The minimum absolute atomic E-state index is 0.159. The number of aromatic nitrogens is 4. The molecule has 0 radical (unpaired) electrons. The SMILES string of the molecule is Cc1cc(=O)[nH]c(SCc2nnsc2NN)n1. The van der Waals surface area contributed by atoms with Crippen LogP contribution in [0.5, 0.6) is 0 Å². The first-order valence-corrected chi connectivity index (χ1v) is 6.43. The predicted octanol–water partition coefficient (Wildman–Crippen LogP) is 0.508. The average Bonchev–Trinajstić information content (AvgIpc) is 2.72. The van der Waals surface area contributed by atoms with Crippen molar-refractivity contribution in [1.29, 1.82) is 0 Å². The van der Waals surface area contributed by atoms with Gasteiger partial charge in [-0.2, -0.15) is 0 Å². The molecule has 2 aromatic rings. The van der Waals surface area contributed by atoms with E-state index in [4.69, 9.17) is 5.84 Å². The fraction of sp³-hybridized carbons (Fsp3) is 0.250. The Kier molecular flexibility index (Phi) is 3.71. The van der Waals surface area contributed by atoms with Gasteiger partial charge >= 0.3 is 0 Å². The van der Waals surface area contributed by atoms with Crippen molar-refractivity contribution < 1.29 is 0 Å². The Morgan fingerprint density at radius 1 is 1.65 bits per heavy atom. The van der Waals surface area contributed by atoms with Crippen molar-refractivity contribution in [2.24, 2.45) is 5.84 Å². The highest BCUT2D eigenvalue weighted by molar-refractivity contribution is 7.98. The molecular weight excluding hydrogens is 260 g/mol. The number of anilines is 1.